The SMILES string of the molecule is Cc1nc(CSc2ccccc2C(=O)N[C@@H](C)c2ccc(C(C)C)cc2)no1. The minimum Gasteiger partial charge on any atom is -0.345 e. The second kappa shape index (κ2) is 9.06. The van der Waals surface area contributed by atoms with Gasteiger partial charge >= 0.3 is 0 Å². The van der Waals surface area contributed by atoms with Gasteiger partial charge in [-0.25, -0.2) is 0 Å². The molecule has 0 saturated heterocycles. The molecule has 28 heavy (non-hydrogen) atoms. The molecule has 1 heterocycles. The second-order valence-electron chi connectivity index (χ2n) is 7.03. The van der Waals surface area contributed by atoms with Crippen LogP contribution in [0.3, 0.4) is 0 Å². The summed E-state index contributed by atoms with van der Waals surface area (Å²) in [5.74, 6) is 2.11. The van der Waals surface area contributed by atoms with Gasteiger partial charge < -0.3 is 9.84 Å². The molecule has 0 bridgehead atoms. The summed E-state index contributed by atoms with van der Waals surface area (Å²) in [6.07, 6.45) is 0. The number of carbonyl (C=O) groups excluding carboxylic acids is 1. The monoisotopic (exact) mass is 395 g/mol. The van der Waals surface area contributed by atoms with E-state index in [1.165, 1.54) is 17.3 Å². The molecule has 0 saturated carbocycles. The summed E-state index contributed by atoms with van der Waals surface area (Å²) in [5.41, 5.74) is 3.03. The molecule has 1 amide bonds. The zero-order valence-electron chi connectivity index (χ0n) is 16.6. The number of aromatic nitrogens is 2. The van der Waals surface area contributed by atoms with Crippen molar-refractivity contribution in [1.29, 1.82) is 0 Å². The maximum Gasteiger partial charge on any atom is 0.252 e. The van der Waals surface area contributed by atoms with E-state index in [1.54, 1.807) is 6.92 Å². The van der Waals surface area contributed by atoms with Crippen molar-refractivity contribution in [1.82, 2.24) is 15.5 Å². The molecule has 5 nitrogen and oxygen atoms in total. The van der Waals surface area contributed by atoms with Crippen LogP contribution in [0.4, 0.5) is 0 Å². The Morgan fingerprint density at radius 1 is 1.07 bits per heavy atom. The third kappa shape index (κ3) is 5.01. The summed E-state index contributed by atoms with van der Waals surface area (Å²) in [4.78, 5) is 18.0. The van der Waals surface area contributed by atoms with Crippen LogP contribution in [-0.2, 0) is 5.75 Å². The highest BCUT2D eigenvalue weighted by Gasteiger charge is 2.16. The molecule has 0 unspecified atom stereocenters. The summed E-state index contributed by atoms with van der Waals surface area (Å²) in [6.45, 7) is 8.10. The van der Waals surface area contributed by atoms with Gasteiger partial charge in [0.1, 0.15) is 0 Å². The van der Waals surface area contributed by atoms with Crippen molar-refractivity contribution in [2.24, 2.45) is 0 Å². The lowest BCUT2D eigenvalue weighted by molar-refractivity contribution is 0.0937. The summed E-state index contributed by atoms with van der Waals surface area (Å²) in [5, 5.41) is 7.01. The first-order chi connectivity index (χ1) is 13.4. The van der Waals surface area contributed by atoms with Gasteiger partial charge in [-0.05, 0) is 36.1 Å². The van der Waals surface area contributed by atoms with Gasteiger partial charge in [-0.3, -0.25) is 4.79 Å². The Morgan fingerprint density at radius 3 is 2.39 bits per heavy atom. The molecule has 0 aliphatic rings. The minimum atomic E-state index is -0.0900. The molecule has 0 aliphatic carbocycles. The van der Waals surface area contributed by atoms with Gasteiger partial charge in [-0.2, -0.15) is 4.98 Å². The molecule has 1 atom stereocenters. The van der Waals surface area contributed by atoms with E-state index >= 15 is 0 Å². The topological polar surface area (TPSA) is 68.0 Å². The van der Waals surface area contributed by atoms with E-state index < -0.39 is 0 Å². The molecule has 2 aromatic carbocycles. The van der Waals surface area contributed by atoms with Crippen LogP contribution >= 0.6 is 11.8 Å². The zero-order valence-corrected chi connectivity index (χ0v) is 17.4. The smallest absolute Gasteiger partial charge is 0.252 e. The fourth-order valence-corrected chi connectivity index (χ4v) is 3.74. The Morgan fingerprint density at radius 2 is 1.75 bits per heavy atom. The molecule has 0 spiro atoms. The largest absolute Gasteiger partial charge is 0.345 e. The Kier molecular flexibility index (Phi) is 6.52. The van der Waals surface area contributed by atoms with Crippen LogP contribution in [0.15, 0.2) is 57.9 Å². The van der Waals surface area contributed by atoms with E-state index in [9.17, 15) is 4.79 Å². The summed E-state index contributed by atoms with van der Waals surface area (Å²) >= 11 is 1.52. The predicted molar refractivity (Wildman–Crippen MR) is 111 cm³/mol. The number of nitrogens with one attached hydrogen (secondary N) is 1. The summed E-state index contributed by atoms with van der Waals surface area (Å²) in [7, 11) is 0. The molecular weight excluding hydrogens is 370 g/mol. The van der Waals surface area contributed by atoms with Crippen LogP contribution in [0.2, 0.25) is 0 Å². The first-order valence-corrected chi connectivity index (χ1v) is 10.3. The van der Waals surface area contributed by atoms with Crippen LogP contribution in [0.25, 0.3) is 0 Å². The van der Waals surface area contributed by atoms with Crippen molar-refractivity contribution >= 4 is 17.7 Å². The standard InChI is InChI=1S/C22H25N3O2S/c1-14(2)17-9-11-18(12-10-17)15(3)23-22(26)19-7-5-6-8-20(19)28-13-21-24-16(4)27-25-21/h5-12,14-15H,13H2,1-4H3,(H,23,26)/t15-/m0/s1. The fourth-order valence-electron chi connectivity index (χ4n) is 2.85. The maximum atomic E-state index is 12.9. The molecule has 0 aliphatic heterocycles. The number of hydrogen-bond acceptors (Lipinski definition) is 5. The van der Waals surface area contributed by atoms with E-state index in [4.69, 9.17) is 4.52 Å². The first-order valence-electron chi connectivity index (χ1n) is 9.35. The second-order valence-corrected chi connectivity index (χ2v) is 8.05. The lowest BCUT2D eigenvalue weighted by Crippen LogP contribution is -2.27. The number of carbonyl (C=O) groups is 1. The van der Waals surface area contributed by atoms with E-state index in [0.717, 1.165) is 10.5 Å². The summed E-state index contributed by atoms with van der Waals surface area (Å²) in [6, 6.07) is 15.9. The van der Waals surface area contributed by atoms with Crippen molar-refractivity contribution in [2.75, 3.05) is 0 Å². The van der Waals surface area contributed by atoms with Crippen LogP contribution < -0.4 is 5.32 Å². The average molecular weight is 396 g/mol. The quantitative estimate of drug-likeness (QED) is 0.551. The number of hydrogen-bond donors (Lipinski definition) is 1. The Balaban J connectivity index is 1.68. The van der Waals surface area contributed by atoms with Gasteiger partial charge in [0.25, 0.3) is 5.91 Å². The highest BCUT2D eigenvalue weighted by atomic mass is 32.2. The Bertz CT molecular complexity index is 935. The molecule has 1 aromatic heterocycles. The van der Waals surface area contributed by atoms with Crippen molar-refractivity contribution < 1.29 is 9.32 Å². The Labute approximate surface area is 169 Å². The number of rotatable bonds is 7. The minimum absolute atomic E-state index is 0.0772. The van der Waals surface area contributed by atoms with Gasteiger partial charge in [0.15, 0.2) is 5.82 Å². The molecule has 6 heteroatoms. The normalized spacial score (nSPS) is 12.2. The van der Waals surface area contributed by atoms with Gasteiger partial charge in [0.05, 0.1) is 17.4 Å². The molecule has 3 rings (SSSR count). The fraction of sp³-hybridized carbons (Fsp3) is 0.318. The predicted octanol–water partition coefficient (Wildman–Crippen LogP) is 5.28. The molecule has 0 fully saturated rings. The molecule has 1 N–H and O–H groups in total. The number of thioether (sulfide) groups is 1. The number of amides is 1. The van der Waals surface area contributed by atoms with Crippen molar-refractivity contribution in [3.05, 3.63) is 76.9 Å². The lowest BCUT2D eigenvalue weighted by atomic mass is 9.99. The van der Waals surface area contributed by atoms with Gasteiger partial charge in [-0.15, -0.1) is 11.8 Å². The van der Waals surface area contributed by atoms with E-state index in [2.05, 4.69) is 53.6 Å². The lowest BCUT2D eigenvalue weighted by Gasteiger charge is -2.17. The van der Waals surface area contributed by atoms with Crippen molar-refractivity contribution in [3.63, 3.8) is 0 Å². The number of nitrogens with zero attached hydrogens (tertiary/aromatic N) is 2. The van der Waals surface area contributed by atoms with Crippen molar-refractivity contribution in [2.45, 2.75) is 50.3 Å². The molecular formula is C22H25N3O2S. The van der Waals surface area contributed by atoms with Gasteiger partial charge in [0.2, 0.25) is 5.89 Å². The van der Waals surface area contributed by atoms with E-state index in [-0.39, 0.29) is 11.9 Å². The third-order valence-corrected chi connectivity index (χ3v) is 5.58. The van der Waals surface area contributed by atoms with Crippen LogP contribution in [0.5, 0.6) is 0 Å². The van der Waals surface area contributed by atoms with E-state index in [0.29, 0.717) is 28.9 Å². The van der Waals surface area contributed by atoms with Gasteiger partial charge in [0, 0.05) is 11.8 Å². The molecule has 0 radical (unpaired) electrons. The van der Waals surface area contributed by atoms with Crippen LogP contribution in [0, 0.1) is 6.92 Å². The first kappa shape index (κ1) is 20.1. The van der Waals surface area contributed by atoms with E-state index in [1.807, 2.05) is 31.2 Å². The van der Waals surface area contributed by atoms with Crippen molar-refractivity contribution in [3.8, 4) is 0 Å². The maximum absolute atomic E-state index is 12.9. The van der Waals surface area contributed by atoms with Crippen LogP contribution in [0.1, 0.15) is 65.9 Å². The van der Waals surface area contributed by atoms with Gasteiger partial charge in [-0.1, -0.05) is 55.4 Å². The number of benzene rings is 2. The number of aryl methyl sites for hydroxylation is 1. The zero-order chi connectivity index (χ0) is 20.1. The average Bonchev–Trinajstić information content (AvgIpc) is 3.11. The summed E-state index contributed by atoms with van der Waals surface area (Å²) < 4.78 is 5.00. The van der Waals surface area contributed by atoms with Crippen LogP contribution in [-0.4, -0.2) is 16.0 Å². The molecule has 146 valence electrons. The Hall–Kier alpha value is -2.60. The molecule has 3 aromatic rings. The third-order valence-electron chi connectivity index (χ3n) is 4.51. The highest BCUT2D eigenvalue weighted by molar-refractivity contribution is 7.98. The highest BCUT2D eigenvalue weighted by Crippen LogP contribution is 2.26.